The van der Waals surface area contributed by atoms with Crippen LogP contribution in [0, 0.1) is 11.8 Å². The van der Waals surface area contributed by atoms with E-state index >= 15 is 0 Å². The molecule has 1 aliphatic heterocycles. The van der Waals surface area contributed by atoms with E-state index in [0.717, 1.165) is 25.8 Å². The zero-order valence-electron chi connectivity index (χ0n) is 11.5. The molecule has 106 valence electrons. The SMILES string of the molecule is CCNc1cnc(CN2C(=O)C3CCCC3C2=O)cn1. The predicted octanol–water partition coefficient (Wildman–Crippen LogP) is 1.19. The van der Waals surface area contributed by atoms with E-state index in [4.69, 9.17) is 0 Å². The van der Waals surface area contributed by atoms with Gasteiger partial charge in [-0.3, -0.25) is 19.5 Å². The molecular formula is C14H18N4O2. The van der Waals surface area contributed by atoms with Crippen molar-refractivity contribution in [2.45, 2.75) is 32.7 Å². The average Bonchev–Trinajstić information content (AvgIpc) is 3.01. The molecule has 0 radical (unpaired) electrons. The number of anilines is 1. The number of nitrogens with one attached hydrogen (secondary N) is 1. The van der Waals surface area contributed by atoms with E-state index in [2.05, 4.69) is 15.3 Å². The zero-order chi connectivity index (χ0) is 14.1. The van der Waals surface area contributed by atoms with Gasteiger partial charge in [-0.1, -0.05) is 6.42 Å². The Morgan fingerprint density at radius 3 is 2.45 bits per heavy atom. The number of carbonyl (C=O) groups excluding carboxylic acids is 2. The molecule has 1 aliphatic carbocycles. The van der Waals surface area contributed by atoms with Crippen molar-refractivity contribution < 1.29 is 9.59 Å². The van der Waals surface area contributed by atoms with Gasteiger partial charge in [0, 0.05) is 6.54 Å². The molecule has 6 heteroatoms. The molecule has 2 fully saturated rings. The van der Waals surface area contributed by atoms with E-state index < -0.39 is 0 Å². The summed E-state index contributed by atoms with van der Waals surface area (Å²) in [5.74, 6) is 0.463. The van der Waals surface area contributed by atoms with Crippen LogP contribution in [0.15, 0.2) is 12.4 Å². The fraction of sp³-hybridized carbons (Fsp3) is 0.571. The predicted molar refractivity (Wildman–Crippen MR) is 72.6 cm³/mol. The van der Waals surface area contributed by atoms with Gasteiger partial charge in [0.1, 0.15) is 5.82 Å². The molecule has 1 aromatic heterocycles. The van der Waals surface area contributed by atoms with Gasteiger partial charge in [-0.05, 0) is 19.8 Å². The second kappa shape index (κ2) is 5.19. The molecule has 0 aromatic carbocycles. The Kier molecular flexibility index (Phi) is 3.38. The van der Waals surface area contributed by atoms with Gasteiger partial charge < -0.3 is 5.32 Å². The van der Waals surface area contributed by atoms with Gasteiger partial charge >= 0.3 is 0 Å². The van der Waals surface area contributed by atoms with Gasteiger partial charge in [0.25, 0.3) is 0 Å². The summed E-state index contributed by atoms with van der Waals surface area (Å²) < 4.78 is 0. The topological polar surface area (TPSA) is 75.2 Å². The van der Waals surface area contributed by atoms with Crippen molar-refractivity contribution in [2.75, 3.05) is 11.9 Å². The molecule has 3 rings (SSSR count). The number of amides is 2. The number of likely N-dealkylation sites (tertiary alicyclic amines) is 1. The first kappa shape index (κ1) is 13.0. The Labute approximate surface area is 117 Å². The summed E-state index contributed by atoms with van der Waals surface area (Å²) in [6.45, 7) is 3.00. The lowest BCUT2D eigenvalue weighted by atomic mass is 10.00. The van der Waals surface area contributed by atoms with E-state index in [1.165, 1.54) is 4.90 Å². The molecule has 2 aliphatic rings. The maximum atomic E-state index is 12.2. The van der Waals surface area contributed by atoms with E-state index in [1.807, 2.05) is 6.92 Å². The Hall–Kier alpha value is -1.98. The van der Waals surface area contributed by atoms with Crippen LogP contribution in [0.4, 0.5) is 5.82 Å². The second-order valence-corrected chi connectivity index (χ2v) is 5.33. The summed E-state index contributed by atoms with van der Waals surface area (Å²) in [5, 5.41) is 3.06. The first-order valence-electron chi connectivity index (χ1n) is 7.10. The molecular weight excluding hydrogens is 256 g/mol. The monoisotopic (exact) mass is 274 g/mol. The summed E-state index contributed by atoms with van der Waals surface area (Å²) in [6.07, 6.45) is 5.92. The minimum Gasteiger partial charge on any atom is -0.369 e. The maximum Gasteiger partial charge on any atom is 0.233 e. The summed E-state index contributed by atoms with van der Waals surface area (Å²) in [4.78, 5) is 34.2. The van der Waals surface area contributed by atoms with Crippen molar-refractivity contribution in [3.63, 3.8) is 0 Å². The van der Waals surface area contributed by atoms with Crippen molar-refractivity contribution in [2.24, 2.45) is 11.8 Å². The number of fused-ring (bicyclic) bond motifs is 1. The fourth-order valence-electron chi connectivity index (χ4n) is 3.09. The second-order valence-electron chi connectivity index (χ2n) is 5.33. The highest BCUT2D eigenvalue weighted by molar-refractivity contribution is 6.05. The van der Waals surface area contributed by atoms with Crippen LogP contribution in [0.5, 0.6) is 0 Å². The molecule has 0 bridgehead atoms. The van der Waals surface area contributed by atoms with Gasteiger partial charge in [-0.15, -0.1) is 0 Å². The lowest BCUT2D eigenvalue weighted by Crippen LogP contribution is -2.31. The van der Waals surface area contributed by atoms with Gasteiger partial charge in [0.2, 0.25) is 11.8 Å². The highest BCUT2D eigenvalue weighted by atomic mass is 16.2. The lowest BCUT2D eigenvalue weighted by molar-refractivity contribution is -0.141. The van der Waals surface area contributed by atoms with E-state index in [1.54, 1.807) is 12.4 Å². The molecule has 1 saturated carbocycles. The number of imide groups is 1. The van der Waals surface area contributed by atoms with Crippen LogP contribution >= 0.6 is 0 Å². The Bertz CT molecular complexity index is 506. The standard InChI is InChI=1S/C14H18N4O2/c1-2-15-12-7-16-9(6-17-12)8-18-13(19)10-4-3-5-11(10)14(18)20/h6-7,10-11H,2-5,8H2,1H3,(H,15,17). The summed E-state index contributed by atoms with van der Waals surface area (Å²) >= 11 is 0. The zero-order valence-corrected chi connectivity index (χ0v) is 11.5. The minimum atomic E-state index is -0.0866. The van der Waals surface area contributed by atoms with Crippen molar-refractivity contribution in [1.29, 1.82) is 0 Å². The van der Waals surface area contributed by atoms with Crippen LogP contribution in [0.3, 0.4) is 0 Å². The van der Waals surface area contributed by atoms with Crippen LogP contribution in [0.25, 0.3) is 0 Å². The molecule has 2 unspecified atom stereocenters. The van der Waals surface area contributed by atoms with Crippen LogP contribution in [0.1, 0.15) is 31.9 Å². The summed E-state index contributed by atoms with van der Waals surface area (Å²) in [6, 6.07) is 0. The molecule has 20 heavy (non-hydrogen) atoms. The molecule has 1 saturated heterocycles. The van der Waals surface area contributed by atoms with Gasteiger partial charge in [-0.2, -0.15) is 0 Å². The van der Waals surface area contributed by atoms with Gasteiger partial charge in [0.15, 0.2) is 0 Å². The van der Waals surface area contributed by atoms with Crippen molar-refractivity contribution >= 4 is 17.6 Å². The third kappa shape index (κ3) is 2.15. The molecule has 1 N–H and O–H groups in total. The molecule has 2 heterocycles. The normalized spacial score (nSPS) is 25.1. The number of carbonyl (C=O) groups is 2. The van der Waals surface area contributed by atoms with Gasteiger partial charge in [-0.25, -0.2) is 4.98 Å². The van der Waals surface area contributed by atoms with Crippen LogP contribution in [0.2, 0.25) is 0 Å². The van der Waals surface area contributed by atoms with Crippen molar-refractivity contribution in [3.05, 3.63) is 18.1 Å². The third-order valence-corrected chi connectivity index (χ3v) is 4.07. The number of rotatable bonds is 4. The van der Waals surface area contributed by atoms with Crippen molar-refractivity contribution in [1.82, 2.24) is 14.9 Å². The molecule has 2 amide bonds. The smallest absolute Gasteiger partial charge is 0.233 e. The third-order valence-electron chi connectivity index (χ3n) is 4.07. The Balaban J connectivity index is 1.71. The van der Waals surface area contributed by atoms with Crippen LogP contribution < -0.4 is 5.32 Å². The first-order valence-corrected chi connectivity index (χ1v) is 7.10. The Morgan fingerprint density at radius 2 is 1.90 bits per heavy atom. The van der Waals surface area contributed by atoms with Crippen molar-refractivity contribution in [3.8, 4) is 0 Å². The Morgan fingerprint density at radius 1 is 1.20 bits per heavy atom. The number of hydrogen-bond acceptors (Lipinski definition) is 5. The fourth-order valence-corrected chi connectivity index (χ4v) is 3.09. The minimum absolute atomic E-state index is 0.0324. The number of nitrogens with zero attached hydrogens (tertiary/aromatic N) is 3. The average molecular weight is 274 g/mol. The molecule has 0 spiro atoms. The lowest BCUT2D eigenvalue weighted by Gasteiger charge is -2.15. The summed E-state index contributed by atoms with van der Waals surface area (Å²) in [7, 11) is 0. The molecule has 6 nitrogen and oxygen atoms in total. The van der Waals surface area contributed by atoms with Crippen LogP contribution in [-0.4, -0.2) is 33.2 Å². The number of hydrogen-bond donors (Lipinski definition) is 1. The quantitative estimate of drug-likeness (QED) is 0.835. The largest absolute Gasteiger partial charge is 0.369 e. The van der Waals surface area contributed by atoms with Crippen LogP contribution in [-0.2, 0) is 16.1 Å². The first-order chi connectivity index (χ1) is 9.70. The highest BCUT2D eigenvalue weighted by Crippen LogP contribution is 2.40. The summed E-state index contributed by atoms with van der Waals surface area (Å²) in [5.41, 5.74) is 0.647. The molecule has 2 atom stereocenters. The number of aromatic nitrogens is 2. The molecule has 1 aromatic rings. The van der Waals surface area contributed by atoms with E-state index in [9.17, 15) is 9.59 Å². The van der Waals surface area contributed by atoms with E-state index in [0.29, 0.717) is 11.5 Å². The highest BCUT2D eigenvalue weighted by Gasteiger charge is 2.49. The van der Waals surface area contributed by atoms with E-state index in [-0.39, 0.29) is 30.2 Å². The van der Waals surface area contributed by atoms with Gasteiger partial charge in [0.05, 0.1) is 36.5 Å². The maximum absolute atomic E-state index is 12.2.